The third-order valence-corrected chi connectivity index (χ3v) is 4.94. The van der Waals surface area contributed by atoms with Gasteiger partial charge in [-0.2, -0.15) is 0 Å². The SMILES string of the molecule is OC[C@H]1O[C@@H](n2cnc3c(NCc4ccccc4O)ncnc32)[C@H](O)[C@@H](O)[C@@H]1O. The first kappa shape index (κ1) is 19.5. The molecule has 0 aliphatic carbocycles. The van der Waals surface area contributed by atoms with Gasteiger partial charge in [-0.25, -0.2) is 15.0 Å². The fourth-order valence-electron chi connectivity index (χ4n) is 3.32. The van der Waals surface area contributed by atoms with Crippen molar-refractivity contribution in [2.75, 3.05) is 11.9 Å². The number of nitrogens with zero attached hydrogens (tertiary/aromatic N) is 4. The predicted octanol–water partition coefficient (Wildman–Crippen LogP) is -0.884. The number of anilines is 1. The molecule has 0 unspecified atom stereocenters. The lowest BCUT2D eigenvalue weighted by atomic mass is 9.98. The molecule has 5 atom stereocenters. The maximum Gasteiger partial charge on any atom is 0.167 e. The normalized spacial score (nSPS) is 27.2. The number of aromatic nitrogens is 4. The number of ether oxygens (including phenoxy) is 1. The van der Waals surface area contributed by atoms with E-state index in [1.54, 1.807) is 24.3 Å². The van der Waals surface area contributed by atoms with Crippen molar-refractivity contribution >= 4 is 17.0 Å². The van der Waals surface area contributed by atoms with Gasteiger partial charge in [0.05, 0.1) is 12.9 Å². The first-order chi connectivity index (χ1) is 14.0. The maximum atomic E-state index is 10.4. The highest BCUT2D eigenvalue weighted by Crippen LogP contribution is 2.31. The molecule has 11 nitrogen and oxygen atoms in total. The van der Waals surface area contributed by atoms with Crippen LogP contribution in [0.4, 0.5) is 5.82 Å². The van der Waals surface area contributed by atoms with Crippen molar-refractivity contribution in [2.24, 2.45) is 0 Å². The van der Waals surface area contributed by atoms with E-state index in [0.717, 1.165) is 0 Å². The number of phenolic OH excluding ortho intramolecular Hbond substituents is 1. The van der Waals surface area contributed by atoms with Crippen molar-refractivity contribution in [3.05, 3.63) is 42.5 Å². The molecule has 29 heavy (non-hydrogen) atoms. The van der Waals surface area contributed by atoms with E-state index in [9.17, 15) is 25.5 Å². The molecule has 6 N–H and O–H groups in total. The molecular weight excluding hydrogens is 382 g/mol. The summed E-state index contributed by atoms with van der Waals surface area (Å²) >= 11 is 0. The molecule has 1 aromatic carbocycles. The molecule has 11 heteroatoms. The van der Waals surface area contributed by atoms with Gasteiger partial charge in [-0.15, -0.1) is 0 Å². The van der Waals surface area contributed by atoms with E-state index in [0.29, 0.717) is 29.1 Å². The molecule has 0 bridgehead atoms. The summed E-state index contributed by atoms with van der Waals surface area (Å²) < 4.78 is 6.97. The van der Waals surface area contributed by atoms with Crippen LogP contribution in [0.25, 0.3) is 11.2 Å². The number of hydrogen-bond donors (Lipinski definition) is 6. The third-order valence-electron chi connectivity index (χ3n) is 4.94. The second kappa shape index (κ2) is 7.89. The van der Waals surface area contributed by atoms with Crippen LogP contribution in [0.3, 0.4) is 0 Å². The smallest absolute Gasteiger partial charge is 0.167 e. The topological polar surface area (TPSA) is 166 Å². The lowest BCUT2D eigenvalue weighted by Gasteiger charge is -2.40. The van der Waals surface area contributed by atoms with Crippen molar-refractivity contribution < 1.29 is 30.3 Å². The van der Waals surface area contributed by atoms with Crippen LogP contribution in [0.15, 0.2) is 36.9 Å². The van der Waals surface area contributed by atoms with Crippen LogP contribution in [-0.4, -0.2) is 76.1 Å². The summed E-state index contributed by atoms with van der Waals surface area (Å²) in [4.78, 5) is 12.6. The average molecular weight is 403 g/mol. The van der Waals surface area contributed by atoms with Crippen molar-refractivity contribution in [2.45, 2.75) is 37.2 Å². The van der Waals surface area contributed by atoms with E-state index in [1.165, 1.54) is 17.2 Å². The van der Waals surface area contributed by atoms with Crippen LogP contribution in [0.2, 0.25) is 0 Å². The minimum absolute atomic E-state index is 0.150. The Morgan fingerprint density at radius 3 is 2.59 bits per heavy atom. The maximum absolute atomic E-state index is 10.4. The summed E-state index contributed by atoms with van der Waals surface area (Å²) in [6, 6.07) is 6.89. The quantitative estimate of drug-likeness (QED) is 0.315. The van der Waals surface area contributed by atoms with Crippen molar-refractivity contribution in [3.63, 3.8) is 0 Å². The third kappa shape index (κ3) is 3.50. The number of aliphatic hydroxyl groups excluding tert-OH is 4. The molecule has 1 aliphatic heterocycles. The Morgan fingerprint density at radius 1 is 1.03 bits per heavy atom. The Labute approximate surface area is 164 Å². The second-order valence-electron chi connectivity index (χ2n) is 6.75. The largest absolute Gasteiger partial charge is 0.508 e. The van der Waals surface area contributed by atoms with Crippen molar-refractivity contribution in [1.82, 2.24) is 19.5 Å². The molecule has 1 saturated heterocycles. The van der Waals surface area contributed by atoms with Gasteiger partial charge in [0.25, 0.3) is 0 Å². The van der Waals surface area contributed by atoms with E-state index < -0.39 is 37.3 Å². The van der Waals surface area contributed by atoms with E-state index in [2.05, 4.69) is 20.3 Å². The van der Waals surface area contributed by atoms with Gasteiger partial charge < -0.3 is 35.6 Å². The number of fused-ring (bicyclic) bond motifs is 1. The number of benzene rings is 1. The highest BCUT2D eigenvalue weighted by atomic mass is 16.6. The molecule has 0 spiro atoms. The van der Waals surface area contributed by atoms with Gasteiger partial charge in [-0.05, 0) is 6.07 Å². The molecule has 1 fully saturated rings. The number of nitrogens with one attached hydrogen (secondary N) is 1. The van der Waals surface area contributed by atoms with Crippen LogP contribution >= 0.6 is 0 Å². The van der Waals surface area contributed by atoms with Crippen LogP contribution in [0, 0.1) is 0 Å². The minimum atomic E-state index is -1.51. The lowest BCUT2D eigenvalue weighted by Crippen LogP contribution is -2.56. The molecule has 0 saturated carbocycles. The van der Waals surface area contributed by atoms with Gasteiger partial charge >= 0.3 is 0 Å². The molecule has 0 radical (unpaired) electrons. The molecule has 154 valence electrons. The number of aliphatic hydroxyl groups is 4. The molecule has 4 rings (SSSR count). The Balaban J connectivity index is 1.63. The molecule has 2 aromatic heterocycles. The van der Waals surface area contributed by atoms with Crippen LogP contribution < -0.4 is 5.32 Å². The zero-order chi connectivity index (χ0) is 20.5. The molecular formula is C18H21N5O6. The zero-order valence-corrected chi connectivity index (χ0v) is 15.2. The summed E-state index contributed by atoms with van der Waals surface area (Å²) in [5.74, 6) is 0.554. The first-order valence-corrected chi connectivity index (χ1v) is 9.00. The Hall–Kier alpha value is -2.83. The number of aromatic hydroxyl groups is 1. The number of hydrogen-bond acceptors (Lipinski definition) is 10. The zero-order valence-electron chi connectivity index (χ0n) is 15.2. The van der Waals surface area contributed by atoms with Crippen molar-refractivity contribution in [3.8, 4) is 5.75 Å². The fraction of sp³-hybridized carbons (Fsp3) is 0.389. The van der Waals surface area contributed by atoms with Gasteiger partial charge in [0.1, 0.15) is 36.5 Å². The minimum Gasteiger partial charge on any atom is -0.508 e. The highest BCUT2D eigenvalue weighted by molar-refractivity contribution is 5.82. The van der Waals surface area contributed by atoms with Gasteiger partial charge in [-0.3, -0.25) is 4.57 Å². The Morgan fingerprint density at radius 2 is 1.83 bits per heavy atom. The summed E-state index contributed by atoms with van der Waals surface area (Å²) in [6.07, 6.45) is -3.91. The van der Waals surface area contributed by atoms with Crippen LogP contribution in [0.5, 0.6) is 5.75 Å². The second-order valence-corrected chi connectivity index (χ2v) is 6.75. The molecule has 3 aromatic rings. The Bertz CT molecular complexity index is 996. The van der Waals surface area contributed by atoms with E-state index in [4.69, 9.17) is 4.74 Å². The number of phenols is 1. The van der Waals surface area contributed by atoms with Crippen LogP contribution in [-0.2, 0) is 11.3 Å². The molecule has 1 aliphatic rings. The summed E-state index contributed by atoms with van der Waals surface area (Å²) in [5.41, 5.74) is 1.39. The summed E-state index contributed by atoms with van der Waals surface area (Å²) in [7, 11) is 0. The van der Waals surface area contributed by atoms with E-state index >= 15 is 0 Å². The van der Waals surface area contributed by atoms with Crippen molar-refractivity contribution in [1.29, 1.82) is 0 Å². The van der Waals surface area contributed by atoms with E-state index in [-0.39, 0.29) is 5.75 Å². The van der Waals surface area contributed by atoms with Gasteiger partial charge in [-0.1, -0.05) is 18.2 Å². The lowest BCUT2D eigenvalue weighted by molar-refractivity contribution is -0.250. The number of para-hydroxylation sites is 1. The number of rotatable bonds is 5. The van der Waals surface area contributed by atoms with Gasteiger partial charge in [0, 0.05) is 12.1 Å². The molecule has 0 amide bonds. The Kier molecular flexibility index (Phi) is 5.30. The summed E-state index contributed by atoms with van der Waals surface area (Å²) in [5, 5.41) is 52.7. The predicted molar refractivity (Wildman–Crippen MR) is 99.8 cm³/mol. The monoisotopic (exact) mass is 403 g/mol. The highest BCUT2D eigenvalue weighted by Gasteiger charge is 2.44. The van der Waals surface area contributed by atoms with Crippen LogP contribution in [0.1, 0.15) is 11.8 Å². The average Bonchev–Trinajstić information content (AvgIpc) is 3.16. The standard InChI is InChI=1S/C18H21N5O6/c24-6-11-13(26)14(27)15(28)18(29-11)23-8-22-12-16(20-7-21-17(12)23)19-5-9-3-1-2-4-10(9)25/h1-4,7-8,11,13-15,18,24-28H,5-6H2,(H,19,20,21)/t11-,13-,14+,15-,18-/m1/s1. The summed E-state index contributed by atoms with van der Waals surface area (Å²) in [6.45, 7) is -0.234. The van der Waals surface area contributed by atoms with E-state index in [1.807, 2.05) is 0 Å². The van der Waals surface area contributed by atoms with Gasteiger partial charge in [0.15, 0.2) is 23.2 Å². The first-order valence-electron chi connectivity index (χ1n) is 9.00. The number of imidazole rings is 1. The fourth-order valence-corrected chi connectivity index (χ4v) is 3.32. The van der Waals surface area contributed by atoms with Gasteiger partial charge in [0.2, 0.25) is 0 Å². The molecule has 3 heterocycles.